The molecule has 5 heteroatoms. The molecule has 1 aromatic heterocycles. The standard InChI is InChI=1S/C26H31N3O2/c1-4-28(20-10-6-5-7-11-20)24(30)17-29-26(31)22-13-9-8-12-21(22)25(27-29)23-16-18(2)14-15-19(23)3/h8-9,12-16,20H,4-7,10-11,17H2,1-3H3. The summed E-state index contributed by atoms with van der Waals surface area (Å²) in [5.74, 6) is -0.0220. The fourth-order valence-electron chi connectivity index (χ4n) is 4.78. The Morgan fingerprint density at radius 1 is 1.06 bits per heavy atom. The molecule has 0 spiro atoms. The number of likely N-dealkylation sites (N-methyl/N-ethyl adjacent to an activating group) is 1. The molecule has 0 radical (unpaired) electrons. The molecule has 162 valence electrons. The van der Waals surface area contributed by atoms with Gasteiger partial charge in [-0.25, -0.2) is 4.68 Å². The average Bonchev–Trinajstić information content (AvgIpc) is 2.79. The maximum Gasteiger partial charge on any atom is 0.275 e. The molecule has 1 fully saturated rings. The van der Waals surface area contributed by atoms with Crippen molar-refractivity contribution >= 4 is 16.7 Å². The van der Waals surface area contributed by atoms with E-state index in [1.807, 2.05) is 49.9 Å². The van der Waals surface area contributed by atoms with Gasteiger partial charge in [-0.2, -0.15) is 5.10 Å². The van der Waals surface area contributed by atoms with E-state index in [-0.39, 0.29) is 24.1 Å². The average molecular weight is 418 g/mol. The van der Waals surface area contributed by atoms with Crippen LogP contribution in [0.4, 0.5) is 0 Å². The summed E-state index contributed by atoms with van der Waals surface area (Å²) in [7, 11) is 0. The van der Waals surface area contributed by atoms with Gasteiger partial charge in [0.2, 0.25) is 5.91 Å². The molecule has 0 saturated heterocycles. The smallest absolute Gasteiger partial charge is 0.275 e. The maximum absolute atomic E-state index is 13.2. The van der Waals surface area contributed by atoms with Crippen LogP contribution in [0.25, 0.3) is 22.0 Å². The minimum atomic E-state index is -0.210. The molecule has 0 atom stereocenters. The van der Waals surface area contributed by atoms with Crippen molar-refractivity contribution < 1.29 is 4.79 Å². The van der Waals surface area contributed by atoms with Crippen LogP contribution in [0, 0.1) is 13.8 Å². The first kappa shape index (κ1) is 21.3. The van der Waals surface area contributed by atoms with Crippen LogP contribution >= 0.6 is 0 Å². The first-order chi connectivity index (χ1) is 15.0. The Morgan fingerprint density at radius 3 is 2.48 bits per heavy atom. The summed E-state index contributed by atoms with van der Waals surface area (Å²) in [5, 5.41) is 6.15. The molecule has 1 heterocycles. The summed E-state index contributed by atoms with van der Waals surface area (Å²) >= 11 is 0. The number of fused-ring (bicyclic) bond motifs is 1. The normalized spacial score (nSPS) is 14.7. The van der Waals surface area contributed by atoms with Crippen molar-refractivity contribution in [1.29, 1.82) is 0 Å². The van der Waals surface area contributed by atoms with Crippen LogP contribution in [0.2, 0.25) is 0 Å². The molecule has 0 N–H and O–H groups in total. The molecule has 1 saturated carbocycles. The van der Waals surface area contributed by atoms with Gasteiger partial charge in [0.15, 0.2) is 0 Å². The summed E-state index contributed by atoms with van der Waals surface area (Å²) < 4.78 is 1.37. The van der Waals surface area contributed by atoms with Crippen molar-refractivity contribution in [2.75, 3.05) is 6.54 Å². The van der Waals surface area contributed by atoms with Crippen molar-refractivity contribution in [2.24, 2.45) is 0 Å². The first-order valence-electron chi connectivity index (χ1n) is 11.4. The predicted octanol–water partition coefficient (Wildman–Crippen LogP) is 4.86. The number of carbonyl (C=O) groups is 1. The van der Waals surface area contributed by atoms with Crippen molar-refractivity contribution in [3.8, 4) is 11.3 Å². The van der Waals surface area contributed by atoms with Gasteiger partial charge in [0.05, 0.1) is 11.1 Å². The lowest BCUT2D eigenvalue weighted by molar-refractivity contribution is -0.134. The Kier molecular flexibility index (Phi) is 6.21. The monoisotopic (exact) mass is 417 g/mol. The van der Waals surface area contributed by atoms with Gasteiger partial charge in [0.1, 0.15) is 6.54 Å². The van der Waals surface area contributed by atoms with Crippen LogP contribution in [0.5, 0.6) is 0 Å². The lowest BCUT2D eigenvalue weighted by atomic mass is 9.94. The quantitative estimate of drug-likeness (QED) is 0.596. The summed E-state index contributed by atoms with van der Waals surface area (Å²) in [5.41, 5.74) is 3.77. The Hall–Kier alpha value is -2.95. The van der Waals surface area contributed by atoms with E-state index in [0.29, 0.717) is 11.9 Å². The number of aromatic nitrogens is 2. The molecule has 1 aliphatic carbocycles. The molecule has 1 amide bonds. The van der Waals surface area contributed by atoms with E-state index in [2.05, 4.69) is 18.2 Å². The SMILES string of the molecule is CCN(C(=O)Cn1nc(-c2cc(C)ccc2C)c2ccccc2c1=O)C1CCCCC1. The Labute approximate surface area is 183 Å². The van der Waals surface area contributed by atoms with E-state index in [1.54, 1.807) is 0 Å². The van der Waals surface area contributed by atoms with E-state index >= 15 is 0 Å². The van der Waals surface area contributed by atoms with E-state index in [0.717, 1.165) is 40.6 Å². The second kappa shape index (κ2) is 9.04. The second-order valence-electron chi connectivity index (χ2n) is 8.65. The van der Waals surface area contributed by atoms with E-state index in [1.165, 1.54) is 23.9 Å². The van der Waals surface area contributed by atoms with Gasteiger partial charge >= 0.3 is 0 Å². The Bertz CT molecular complexity index is 1160. The number of nitrogens with zero attached hydrogens (tertiary/aromatic N) is 3. The summed E-state index contributed by atoms with van der Waals surface area (Å²) in [4.78, 5) is 28.4. The molecular weight excluding hydrogens is 386 g/mol. The number of benzene rings is 2. The third kappa shape index (κ3) is 4.27. The third-order valence-electron chi connectivity index (χ3n) is 6.48. The largest absolute Gasteiger partial charge is 0.338 e. The number of carbonyl (C=O) groups excluding carboxylic acids is 1. The molecule has 31 heavy (non-hydrogen) atoms. The van der Waals surface area contributed by atoms with Crippen molar-refractivity contribution in [2.45, 2.75) is 65.5 Å². The Morgan fingerprint density at radius 2 is 1.77 bits per heavy atom. The minimum absolute atomic E-state index is 0.0220. The van der Waals surface area contributed by atoms with Gasteiger partial charge in [-0.15, -0.1) is 0 Å². The van der Waals surface area contributed by atoms with Crippen molar-refractivity contribution in [3.63, 3.8) is 0 Å². The van der Waals surface area contributed by atoms with Gasteiger partial charge in [-0.05, 0) is 51.3 Å². The Balaban J connectivity index is 1.78. The van der Waals surface area contributed by atoms with Gasteiger partial charge in [-0.1, -0.05) is 55.2 Å². The lowest BCUT2D eigenvalue weighted by Crippen LogP contribution is -2.44. The highest BCUT2D eigenvalue weighted by molar-refractivity contribution is 5.94. The molecule has 1 aliphatic rings. The number of amides is 1. The molecule has 0 unspecified atom stereocenters. The number of aryl methyl sites for hydroxylation is 2. The fourth-order valence-corrected chi connectivity index (χ4v) is 4.78. The lowest BCUT2D eigenvalue weighted by Gasteiger charge is -2.33. The molecule has 3 aromatic rings. The maximum atomic E-state index is 13.2. The molecule has 2 aromatic carbocycles. The zero-order valence-electron chi connectivity index (χ0n) is 18.7. The van der Waals surface area contributed by atoms with Crippen LogP contribution < -0.4 is 5.56 Å². The zero-order valence-corrected chi connectivity index (χ0v) is 18.7. The third-order valence-corrected chi connectivity index (χ3v) is 6.48. The van der Waals surface area contributed by atoms with Crippen molar-refractivity contribution in [3.05, 3.63) is 63.9 Å². The number of hydrogen-bond donors (Lipinski definition) is 0. The van der Waals surface area contributed by atoms with E-state index < -0.39 is 0 Å². The highest BCUT2D eigenvalue weighted by Crippen LogP contribution is 2.28. The van der Waals surface area contributed by atoms with E-state index in [9.17, 15) is 9.59 Å². The van der Waals surface area contributed by atoms with Gasteiger partial charge in [0.25, 0.3) is 5.56 Å². The van der Waals surface area contributed by atoms with Crippen LogP contribution in [0.15, 0.2) is 47.3 Å². The molecule has 4 rings (SSSR count). The first-order valence-corrected chi connectivity index (χ1v) is 11.4. The van der Waals surface area contributed by atoms with Crippen LogP contribution in [-0.4, -0.2) is 33.2 Å². The second-order valence-corrected chi connectivity index (χ2v) is 8.65. The fraction of sp³-hybridized carbons (Fsp3) is 0.423. The van der Waals surface area contributed by atoms with Gasteiger partial charge in [-0.3, -0.25) is 9.59 Å². The van der Waals surface area contributed by atoms with Gasteiger partial charge in [0, 0.05) is 23.5 Å². The number of rotatable bonds is 5. The summed E-state index contributed by atoms with van der Waals surface area (Å²) in [6.45, 7) is 6.76. The van der Waals surface area contributed by atoms with Crippen molar-refractivity contribution in [1.82, 2.24) is 14.7 Å². The highest BCUT2D eigenvalue weighted by Gasteiger charge is 2.25. The number of hydrogen-bond acceptors (Lipinski definition) is 3. The molecule has 5 nitrogen and oxygen atoms in total. The topological polar surface area (TPSA) is 55.2 Å². The predicted molar refractivity (Wildman–Crippen MR) is 125 cm³/mol. The summed E-state index contributed by atoms with van der Waals surface area (Å²) in [6, 6.07) is 14.1. The zero-order chi connectivity index (χ0) is 22.0. The minimum Gasteiger partial charge on any atom is -0.338 e. The molecule has 0 aliphatic heterocycles. The van der Waals surface area contributed by atoms with Crippen LogP contribution in [0.3, 0.4) is 0 Å². The summed E-state index contributed by atoms with van der Waals surface area (Å²) in [6.07, 6.45) is 5.67. The van der Waals surface area contributed by atoms with E-state index in [4.69, 9.17) is 5.10 Å². The van der Waals surface area contributed by atoms with Crippen LogP contribution in [0.1, 0.15) is 50.2 Å². The van der Waals surface area contributed by atoms with Crippen LogP contribution in [-0.2, 0) is 11.3 Å². The van der Waals surface area contributed by atoms with Gasteiger partial charge < -0.3 is 4.90 Å². The highest BCUT2D eigenvalue weighted by atomic mass is 16.2. The molecule has 0 bridgehead atoms. The molecular formula is C26H31N3O2.